The molecule has 2 aliphatic rings. The molecule has 0 unspecified atom stereocenters. The third-order valence-electron chi connectivity index (χ3n) is 7.29. The molecule has 2 fully saturated rings. The SMILES string of the molecule is COc1ccc(CN2C[C@@H](C(=O)NCCCN3CCOCC3)C[C@@H](C(=O)Nc3ccc(F)cc3)C2)cc1OC. The summed E-state index contributed by atoms with van der Waals surface area (Å²) < 4.78 is 29.5. The van der Waals surface area contributed by atoms with Gasteiger partial charge in [0.1, 0.15) is 5.82 Å². The van der Waals surface area contributed by atoms with Crippen LogP contribution in [0.15, 0.2) is 42.5 Å². The Hall–Kier alpha value is -3.21. The van der Waals surface area contributed by atoms with Crippen molar-refractivity contribution in [2.75, 3.05) is 72.0 Å². The van der Waals surface area contributed by atoms with E-state index in [1.165, 1.54) is 24.3 Å². The number of hydrogen-bond donors (Lipinski definition) is 2. The molecule has 0 aliphatic carbocycles. The highest BCUT2D eigenvalue weighted by atomic mass is 19.1. The zero-order chi connectivity index (χ0) is 27.6. The zero-order valence-corrected chi connectivity index (χ0v) is 22.8. The third kappa shape index (κ3) is 8.39. The summed E-state index contributed by atoms with van der Waals surface area (Å²) in [5.74, 6) is -0.0216. The van der Waals surface area contributed by atoms with Gasteiger partial charge in [0.25, 0.3) is 0 Å². The molecule has 4 rings (SSSR count). The largest absolute Gasteiger partial charge is 0.493 e. The number of amides is 2. The summed E-state index contributed by atoms with van der Waals surface area (Å²) in [7, 11) is 3.19. The summed E-state index contributed by atoms with van der Waals surface area (Å²) in [5, 5.41) is 5.98. The van der Waals surface area contributed by atoms with Crippen LogP contribution in [-0.4, -0.2) is 88.3 Å². The van der Waals surface area contributed by atoms with Gasteiger partial charge in [-0.05, 0) is 61.3 Å². The van der Waals surface area contributed by atoms with Gasteiger partial charge in [-0.2, -0.15) is 0 Å². The van der Waals surface area contributed by atoms with Crippen molar-refractivity contribution < 1.29 is 28.2 Å². The lowest BCUT2D eigenvalue weighted by Gasteiger charge is -2.36. The number of nitrogens with one attached hydrogen (secondary N) is 2. The molecule has 0 aromatic heterocycles. The molecule has 2 amide bonds. The molecule has 0 saturated carbocycles. The van der Waals surface area contributed by atoms with Gasteiger partial charge < -0.3 is 24.8 Å². The molecule has 39 heavy (non-hydrogen) atoms. The van der Waals surface area contributed by atoms with E-state index in [4.69, 9.17) is 14.2 Å². The van der Waals surface area contributed by atoms with E-state index in [1.54, 1.807) is 14.2 Å². The van der Waals surface area contributed by atoms with Crippen molar-refractivity contribution in [3.05, 3.63) is 53.8 Å². The van der Waals surface area contributed by atoms with Crippen molar-refractivity contribution in [2.24, 2.45) is 11.8 Å². The number of rotatable bonds is 11. The summed E-state index contributed by atoms with van der Waals surface area (Å²) in [5.41, 5.74) is 1.53. The maximum atomic E-state index is 13.3. The molecule has 0 bridgehead atoms. The first-order chi connectivity index (χ1) is 18.9. The van der Waals surface area contributed by atoms with Crippen LogP contribution >= 0.6 is 0 Å². The molecule has 2 aromatic rings. The Kier molecular flexibility index (Phi) is 10.5. The minimum atomic E-state index is -0.395. The van der Waals surface area contributed by atoms with Crippen LogP contribution in [0.4, 0.5) is 10.1 Å². The first kappa shape index (κ1) is 28.8. The van der Waals surface area contributed by atoms with E-state index < -0.39 is 5.92 Å². The summed E-state index contributed by atoms with van der Waals surface area (Å²) in [6.45, 7) is 6.47. The lowest BCUT2D eigenvalue weighted by Crippen LogP contribution is -2.49. The molecular weight excluding hydrogens is 503 g/mol. The monoisotopic (exact) mass is 542 g/mol. The lowest BCUT2D eigenvalue weighted by atomic mass is 9.87. The van der Waals surface area contributed by atoms with Crippen molar-refractivity contribution in [3.8, 4) is 11.5 Å². The number of hydrogen-bond acceptors (Lipinski definition) is 7. The van der Waals surface area contributed by atoms with Crippen molar-refractivity contribution in [2.45, 2.75) is 19.4 Å². The Morgan fingerprint density at radius 2 is 1.64 bits per heavy atom. The van der Waals surface area contributed by atoms with Crippen LogP contribution in [0.5, 0.6) is 11.5 Å². The molecule has 2 saturated heterocycles. The van der Waals surface area contributed by atoms with Crippen LogP contribution in [0, 0.1) is 17.7 Å². The second kappa shape index (κ2) is 14.3. The number of anilines is 1. The predicted molar refractivity (Wildman–Crippen MR) is 146 cm³/mol. The molecule has 0 spiro atoms. The topological polar surface area (TPSA) is 92.4 Å². The Balaban J connectivity index is 1.40. The van der Waals surface area contributed by atoms with Gasteiger partial charge >= 0.3 is 0 Å². The van der Waals surface area contributed by atoms with Gasteiger partial charge in [0, 0.05) is 45.0 Å². The quantitative estimate of drug-likeness (QED) is 0.422. The smallest absolute Gasteiger partial charge is 0.228 e. The third-order valence-corrected chi connectivity index (χ3v) is 7.29. The lowest BCUT2D eigenvalue weighted by molar-refractivity contribution is -0.130. The van der Waals surface area contributed by atoms with Crippen LogP contribution in [0.1, 0.15) is 18.4 Å². The number of carbonyl (C=O) groups is 2. The minimum absolute atomic E-state index is 0.0337. The van der Waals surface area contributed by atoms with Crippen LogP contribution in [-0.2, 0) is 20.9 Å². The summed E-state index contributed by atoms with van der Waals surface area (Å²) in [6, 6.07) is 11.4. The summed E-state index contributed by atoms with van der Waals surface area (Å²) >= 11 is 0. The molecule has 2 aliphatic heterocycles. The molecule has 2 aromatic carbocycles. The van der Waals surface area contributed by atoms with E-state index in [1.807, 2.05) is 18.2 Å². The van der Waals surface area contributed by atoms with Gasteiger partial charge in [-0.3, -0.25) is 19.4 Å². The highest BCUT2D eigenvalue weighted by Gasteiger charge is 2.35. The van der Waals surface area contributed by atoms with E-state index in [-0.39, 0.29) is 23.5 Å². The average molecular weight is 543 g/mol. The number of halogens is 1. The number of ether oxygens (including phenoxy) is 3. The second-order valence-electron chi connectivity index (χ2n) is 10.1. The van der Waals surface area contributed by atoms with E-state index in [2.05, 4.69) is 20.4 Å². The van der Waals surface area contributed by atoms with Gasteiger partial charge in [-0.1, -0.05) is 6.07 Å². The first-order valence-corrected chi connectivity index (χ1v) is 13.5. The Bertz CT molecular complexity index is 1090. The van der Waals surface area contributed by atoms with Crippen LogP contribution in [0.3, 0.4) is 0 Å². The van der Waals surface area contributed by atoms with E-state index >= 15 is 0 Å². The fourth-order valence-electron chi connectivity index (χ4n) is 5.20. The molecule has 0 radical (unpaired) electrons. The maximum absolute atomic E-state index is 13.3. The molecule has 10 heteroatoms. The number of benzene rings is 2. The van der Waals surface area contributed by atoms with Gasteiger partial charge in [0.15, 0.2) is 11.5 Å². The number of nitrogens with zero attached hydrogens (tertiary/aromatic N) is 2. The average Bonchev–Trinajstić information content (AvgIpc) is 2.96. The number of likely N-dealkylation sites (tertiary alicyclic amines) is 1. The summed E-state index contributed by atoms with van der Waals surface area (Å²) in [4.78, 5) is 30.9. The first-order valence-electron chi connectivity index (χ1n) is 13.5. The molecule has 9 nitrogen and oxygen atoms in total. The van der Waals surface area contributed by atoms with Crippen LogP contribution < -0.4 is 20.1 Å². The predicted octanol–water partition coefficient (Wildman–Crippen LogP) is 2.76. The fraction of sp³-hybridized carbons (Fsp3) is 0.517. The normalized spacial score (nSPS) is 20.3. The number of morpholine rings is 1. The van der Waals surface area contributed by atoms with Crippen LogP contribution in [0.2, 0.25) is 0 Å². The van der Waals surface area contributed by atoms with Crippen molar-refractivity contribution in [3.63, 3.8) is 0 Å². The number of methoxy groups -OCH3 is 2. The molecule has 2 N–H and O–H groups in total. The van der Waals surface area contributed by atoms with Gasteiger partial charge in [-0.25, -0.2) is 4.39 Å². The van der Waals surface area contributed by atoms with Gasteiger partial charge in [-0.15, -0.1) is 0 Å². The summed E-state index contributed by atoms with van der Waals surface area (Å²) in [6.07, 6.45) is 1.31. The number of carbonyl (C=O) groups excluding carboxylic acids is 2. The van der Waals surface area contributed by atoms with Crippen molar-refractivity contribution >= 4 is 17.5 Å². The fourth-order valence-corrected chi connectivity index (χ4v) is 5.20. The van der Waals surface area contributed by atoms with Crippen LogP contribution in [0.25, 0.3) is 0 Å². The van der Waals surface area contributed by atoms with E-state index in [0.29, 0.717) is 49.8 Å². The van der Waals surface area contributed by atoms with Crippen molar-refractivity contribution in [1.29, 1.82) is 0 Å². The van der Waals surface area contributed by atoms with Crippen molar-refractivity contribution in [1.82, 2.24) is 15.1 Å². The molecule has 212 valence electrons. The molecule has 2 heterocycles. The second-order valence-corrected chi connectivity index (χ2v) is 10.1. The Labute approximate surface area is 229 Å². The number of piperidine rings is 1. The molecule has 2 atom stereocenters. The molecular formula is C29H39FN4O5. The highest BCUT2D eigenvalue weighted by Crippen LogP contribution is 2.30. The minimum Gasteiger partial charge on any atom is -0.493 e. The van der Waals surface area contributed by atoms with E-state index in [0.717, 1.165) is 44.8 Å². The highest BCUT2D eigenvalue weighted by molar-refractivity contribution is 5.93. The standard InChI is InChI=1S/C29H39FN4O5/c1-37-26-9-4-21(16-27(26)38-2)18-34-19-22(28(35)31-10-3-11-33-12-14-39-15-13-33)17-23(20-34)29(36)32-25-7-5-24(30)6-8-25/h4-9,16,22-23H,3,10-15,17-20H2,1-2H3,(H,31,35)(H,32,36)/t22-,23+/m0/s1. The zero-order valence-electron chi connectivity index (χ0n) is 22.8. The van der Waals surface area contributed by atoms with E-state index in [9.17, 15) is 14.0 Å². The van der Waals surface area contributed by atoms with Gasteiger partial charge in [0.2, 0.25) is 11.8 Å². The van der Waals surface area contributed by atoms with Gasteiger partial charge in [0.05, 0.1) is 39.3 Å². The Morgan fingerprint density at radius 1 is 0.949 bits per heavy atom. The maximum Gasteiger partial charge on any atom is 0.228 e. The Morgan fingerprint density at radius 3 is 2.33 bits per heavy atom.